The molecule has 16 heavy (non-hydrogen) atoms. The fourth-order valence-corrected chi connectivity index (χ4v) is 2.85. The van der Waals surface area contributed by atoms with Gasteiger partial charge in [-0.15, -0.1) is 0 Å². The van der Waals surface area contributed by atoms with Gasteiger partial charge in [0.05, 0.1) is 19.1 Å². The highest BCUT2D eigenvalue weighted by Gasteiger charge is 2.27. The van der Waals surface area contributed by atoms with E-state index in [1.165, 1.54) is 6.42 Å². The van der Waals surface area contributed by atoms with Crippen LogP contribution in [0, 0.1) is 0 Å². The van der Waals surface area contributed by atoms with Gasteiger partial charge in [-0.05, 0) is 25.8 Å². The lowest BCUT2D eigenvalue weighted by molar-refractivity contribution is 0.390. The number of thioether (sulfide) groups is 1. The van der Waals surface area contributed by atoms with E-state index in [-0.39, 0.29) is 5.54 Å². The molecule has 3 nitrogen and oxygen atoms in total. The summed E-state index contributed by atoms with van der Waals surface area (Å²) in [7, 11) is 0. The Hall–Kier alpha value is -0.900. The molecule has 0 aromatic carbocycles. The van der Waals surface area contributed by atoms with Crippen LogP contribution < -0.4 is 5.32 Å². The molecular weight excluding hydrogens is 220 g/mol. The smallest absolute Gasteiger partial charge is 0.157 e. The number of hydrogen-bond acceptors (Lipinski definition) is 3. The van der Waals surface area contributed by atoms with Gasteiger partial charge in [0, 0.05) is 16.9 Å². The third-order valence-electron chi connectivity index (χ3n) is 3.07. The number of hydrogen-bond donors (Lipinski definition) is 1. The molecule has 1 atom stereocenters. The molecular formula is C12H18N2OS. The van der Waals surface area contributed by atoms with E-state index in [4.69, 9.17) is 4.42 Å². The first kappa shape index (κ1) is 11.6. The van der Waals surface area contributed by atoms with Crippen molar-refractivity contribution in [3.05, 3.63) is 24.2 Å². The zero-order valence-electron chi connectivity index (χ0n) is 9.82. The Morgan fingerprint density at radius 2 is 2.50 bits per heavy atom. The van der Waals surface area contributed by atoms with Gasteiger partial charge in [-0.3, -0.25) is 4.99 Å². The van der Waals surface area contributed by atoms with Crippen LogP contribution >= 0.6 is 11.8 Å². The third-order valence-corrected chi connectivity index (χ3v) is 3.98. The molecule has 88 valence electrons. The number of amidine groups is 1. The van der Waals surface area contributed by atoms with Crippen LogP contribution in [0.15, 0.2) is 28.0 Å². The molecule has 0 radical (unpaired) electrons. The van der Waals surface area contributed by atoms with Gasteiger partial charge in [-0.2, -0.15) is 0 Å². The molecule has 0 aliphatic carbocycles. The van der Waals surface area contributed by atoms with Crippen LogP contribution in [-0.2, 0) is 6.54 Å². The van der Waals surface area contributed by atoms with Crippen LogP contribution in [0.1, 0.15) is 32.3 Å². The molecule has 2 rings (SSSR count). The summed E-state index contributed by atoms with van der Waals surface area (Å²) in [6, 6.07) is 1.95. The SMILES string of the molecule is CCC1(C)CCSC(=NCc2ccoc2)N1. The van der Waals surface area contributed by atoms with E-state index in [1.807, 2.05) is 17.8 Å². The average molecular weight is 238 g/mol. The van der Waals surface area contributed by atoms with E-state index in [0.29, 0.717) is 6.54 Å². The van der Waals surface area contributed by atoms with Gasteiger partial charge in [-0.25, -0.2) is 0 Å². The highest BCUT2D eigenvalue weighted by molar-refractivity contribution is 8.13. The van der Waals surface area contributed by atoms with E-state index >= 15 is 0 Å². The molecule has 1 aromatic rings. The molecule has 1 fully saturated rings. The minimum absolute atomic E-state index is 0.223. The second-order valence-electron chi connectivity index (χ2n) is 4.39. The molecule has 1 aliphatic rings. The Bertz CT molecular complexity index is 361. The van der Waals surface area contributed by atoms with Crippen LogP contribution in [0.3, 0.4) is 0 Å². The van der Waals surface area contributed by atoms with Gasteiger partial charge in [0.15, 0.2) is 5.17 Å². The number of rotatable bonds is 3. The van der Waals surface area contributed by atoms with E-state index < -0.39 is 0 Å². The molecule has 0 bridgehead atoms. The van der Waals surface area contributed by atoms with Crippen LogP contribution in [-0.4, -0.2) is 16.5 Å². The van der Waals surface area contributed by atoms with Gasteiger partial charge >= 0.3 is 0 Å². The zero-order valence-corrected chi connectivity index (χ0v) is 10.6. The van der Waals surface area contributed by atoms with Crippen molar-refractivity contribution in [2.24, 2.45) is 4.99 Å². The van der Waals surface area contributed by atoms with Crippen LogP contribution in [0.5, 0.6) is 0 Å². The molecule has 1 aromatic heterocycles. The van der Waals surface area contributed by atoms with Crippen molar-refractivity contribution >= 4 is 16.9 Å². The second kappa shape index (κ2) is 4.95. The standard InChI is InChI=1S/C12H18N2OS/c1-3-12(2)5-7-16-11(14-12)13-8-10-4-6-15-9-10/h4,6,9H,3,5,7-8H2,1-2H3,(H,13,14). The van der Waals surface area contributed by atoms with E-state index in [0.717, 1.165) is 22.9 Å². The Labute approximate surface area is 101 Å². The minimum Gasteiger partial charge on any atom is -0.472 e. The van der Waals surface area contributed by atoms with Crippen molar-refractivity contribution in [1.29, 1.82) is 0 Å². The lowest BCUT2D eigenvalue weighted by atomic mass is 9.96. The van der Waals surface area contributed by atoms with Crippen molar-refractivity contribution in [2.45, 2.75) is 38.8 Å². The average Bonchev–Trinajstić information content (AvgIpc) is 2.80. The molecule has 2 heterocycles. The highest BCUT2D eigenvalue weighted by atomic mass is 32.2. The van der Waals surface area contributed by atoms with E-state index in [2.05, 4.69) is 24.2 Å². The summed E-state index contributed by atoms with van der Waals surface area (Å²) in [5.41, 5.74) is 1.35. The molecule has 0 amide bonds. The largest absolute Gasteiger partial charge is 0.472 e. The summed E-state index contributed by atoms with van der Waals surface area (Å²) in [5.74, 6) is 1.15. The summed E-state index contributed by atoms with van der Waals surface area (Å²) in [6.07, 6.45) is 5.78. The monoisotopic (exact) mass is 238 g/mol. The van der Waals surface area contributed by atoms with Crippen molar-refractivity contribution in [1.82, 2.24) is 5.32 Å². The molecule has 1 saturated heterocycles. The number of furan rings is 1. The quantitative estimate of drug-likeness (QED) is 0.879. The molecule has 0 spiro atoms. The Balaban J connectivity index is 1.96. The molecule has 1 unspecified atom stereocenters. The van der Waals surface area contributed by atoms with E-state index in [9.17, 15) is 0 Å². The van der Waals surface area contributed by atoms with Crippen molar-refractivity contribution in [3.63, 3.8) is 0 Å². The fraction of sp³-hybridized carbons (Fsp3) is 0.583. The summed E-state index contributed by atoms with van der Waals surface area (Å²) in [6.45, 7) is 5.18. The van der Waals surface area contributed by atoms with Gasteiger partial charge in [-0.1, -0.05) is 18.7 Å². The van der Waals surface area contributed by atoms with E-state index in [1.54, 1.807) is 12.5 Å². The van der Waals surface area contributed by atoms with Crippen LogP contribution in [0.25, 0.3) is 0 Å². The number of nitrogens with one attached hydrogen (secondary N) is 1. The highest BCUT2D eigenvalue weighted by Crippen LogP contribution is 2.25. The normalized spacial score (nSPS) is 28.0. The Kier molecular flexibility index (Phi) is 3.59. The first-order valence-electron chi connectivity index (χ1n) is 5.68. The third kappa shape index (κ3) is 2.82. The van der Waals surface area contributed by atoms with Crippen LogP contribution in [0.2, 0.25) is 0 Å². The van der Waals surface area contributed by atoms with Crippen LogP contribution in [0.4, 0.5) is 0 Å². The van der Waals surface area contributed by atoms with Gasteiger partial charge < -0.3 is 9.73 Å². The maximum Gasteiger partial charge on any atom is 0.157 e. The minimum atomic E-state index is 0.223. The maximum absolute atomic E-state index is 5.02. The topological polar surface area (TPSA) is 37.5 Å². The predicted molar refractivity (Wildman–Crippen MR) is 68.8 cm³/mol. The first-order chi connectivity index (χ1) is 7.72. The van der Waals surface area contributed by atoms with Gasteiger partial charge in [0.25, 0.3) is 0 Å². The zero-order chi connectivity index (χ0) is 11.4. The van der Waals surface area contributed by atoms with Crippen molar-refractivity contribution in [2.75, 3.05) is 5.75 Å². The molecule has 0 saturated carbocycles. The van der Waals surface area contributed by atoms with Crippen molar-refractivity contribution in [3.8, 4) is 0 Å². The number of nitrogens with zero attached hydrogens (tertiary/aromatic N) is 1. The van der Waals surface area contributed by atoms with Crippen molar-refractivity contribution < 1.29 is 4.42 Å². The molecule has 4 heteroatoms. The summed E-state index contributed by atoms with van der Waals surface area (Å²) in [4.78, 5) is 4.58. The molecule has 1 N–H and O–H groups in total. The fourth-order valence-electron chi connectivity index (χ4n) is 1.63. The summed E-state index contributed by atoms with van der Waals surface area (Å²) >= 11 is 1.81. The first-order valence-corrected chi connectivity index (χ1v) is 6.67. The summed E-state index contributed by atoms with van der Waals surface area (Å²) in [5, 5.41) is 4.59. The lowest BCUT2D eigenvalue weighted by Gasteiger charge is -2.35. The summed E-state index contributed by atoms with van der Waals surface area (Å²) < 4.78 is 5.02. The second-order valence-corrected chi connectivity index (χ2v) is 5.47. The predicted octanol–water partition coefficient (Wildman–Crippen LogP) is 3.03. The van der Waals surface area contributed by atoms with Gasteiger partial charge in [0.2, 0.25) is 0 Å². The van der Waals surface area contributed by atoms with Gasteiger partial charge in [0.1, 0.15) is 0 Å². The number of aliphatic imine (C=N–C) groups is 1. The molecule has 1 aliphatic heterocycles. The Morgan fingerprint density at radius 1 is 1.62 bits per heavy atom. The lowest BCUT2D eigenvalue weighted by Crippen LogP contribution is -2.48. The Morgan fingerprint density at radius 3 is 3.19 bits per heavy atom. The maximum atomic E-state index is 5.02.